The van der Waals surface area contributed by atoms with Crippen LogP contribution in [0.3, 0.4) is 0 Å². The van der Waals surface area contributed by atoms with Crippen LogP contribution in [0.4, 0.5) is 4.79 Å². The van der Waals surface area contributed by atoms with Crippen LogP contribution < -0.4 is 10.7 Å². The molecule has 1 fully saturated rings. The lowest BCUT2D eigenvalue weighted by Gasteiger charge is -2.18. The first-order chi connectivity index (χ1) is 17.6. The Morgan fingerprint density at radius 1 is 0.806 bits per heavy atom. The minimum Gasteiger partial charge on any atom is -0.446 e. The maximum atomic E-state index is 11.8. The highest BCUT2D eigenvalue weighted by Crippen LogP contribution is 2.15. The van der Waals surface area contributed by atoms with Gasteiger partial charge in [-0.3, -0.25) is 19.8 Å². The van der Waals surface area contributed by atoms with Crippen molar-refractivity contribution in [3.63, 3.8) is 0 Å². The molecule has 12 heteroatoms. The number of nitrogens with zero attached hydrogens (tertiary/aromatic N) is 1. The van der Waals surface area contributed by atoms with Gasteiger partial charge >= 0.3 is 6.09 Å². The largest absolute Gasteiger partial charge is 0.446 e. The number of alkyl carbamates (subject to hydrolysis) is 1. The fourth-order valence-corrected chi connectivity index (χ4v) is 3.47. The van der Waals surface area contributed by atoms with Crippen molar-refractivity contribution in [3.05, 3.63) is 12.2 Å². The van der Waals surface area contributed by atoms with Crippen LogP contribution in [0.15, 0.2) is 12.2 Å². The molecule has 4 amide bonds. The number of hydrogen-bond donors (Lipinski definition) is 2. The third-order valence-electron chi connectivity index (χ3n) is 5.39. The third kappa shape index (κ3) is 13.5. The number of carbonyl (C=O) groups is 4. The second-order valence-electron chi connectivity index (χ2n) is 8.29. The Morgan fingerprint density at radius 2 is 1.39 bits per heavy atom. The average molecular weight is 514 g/mol. The molecule has 0 aromatic rings. The number of allylic oxidation sites excluding steroid dienone is 2. The first-order valence-corrected chi connectivity index (χ1v) is 12.6. The van der Waals surface area contributed by atoms with Crippen molar-refractivity contribution in [2.45, 2.75) is 57.5 Å². The first kappa shape index (κ1) is 29.7. The average Bonchev–Trinajstić information content (AvgIpc) is 3.15. The molecule has 36 heavy (non-hydrogen) atoms. The van der Waals surface area contributed by atoms with E-state index in [2.05, 4.69) is 22.9 Å². The molecule has 2 aliphatic rings. The monoisotopic (exact) mass is 513 g/mol. The van der Waals surface area contributed by atoms with E-state index >= 15 is 0 Å². The Kier molecular flexibility index (Phi) is 15.4. The van der Waals surface area contributed by atoms with Crippen LogP contribution in [0.1, 0.15) is 51.4 Å². The molecule has 0 aromatic carbocycles. The molecule has 0 spiro atoms. The Bertz CT molecular complexity index is 701. The lowest BCUT2D eigenvalue weighted by Crippen LogP contribution is -2.45. The second kappa shape index (κ2) is 18.7. The highest BCUT2D eigenvalue weighted by atomic mass is 16.6. The first-order valence-electron chi connectivity index (χ1n) is 12.6. The minimum atomic E-state index is -0.450. The zero-order valence-electron chi connectivity index (χ0n) is 20.9. The summed E-state index contributed by atoms with van der Waals surface area (Å²) < 4.78 is 26.9. The summed E-state index contributed by atoms with van der Waals surface area (Å²) in [6.07, 6.45) is 8.95. The zero-order chi connectivity index (χ0) is 25.8. The summed E-state index contributed by atoms with van der Waals surface area (Å²) in [4.78, 5) is 46.4. The van der Waals surface area contributed by atoms with Crippen LogP contribution in [-0.2, 0) is 38.1 Å². The maximum absolute atomic E-state index is 11.8. The van der Waals surface area contributed by atoms with Crippen LogP contribution in [0.5, 0.6) is 0 Å². The molecule has 1 aliphatic carbocycles. The standard InChI is InChI=1S/C24H39N3O9/c28-21(26-27-22(29)8-9-23(27)30)10-12-32-14-16-34-18-19-35-17-15-33-13-11-25-24(31)36-20-6-4-2-1-3-5-7-20/h1-2,20H,3-19H2,(H,25,31)(H,26,28)/b2-1-. The van der Waals surface area contributed by atoms with E-state index in [4.69, 9.17) is 23.7 Å². The topological polar surface area (TPSA) is 142 Å². The molecule has 0 saturated carbocycles. The van der Waals surface area contributed by atoms with Gasteiger partial charge < -0.3 is 29.0 Å². The number of nitrogens with one attached hydrogen (secondary N) is 2. The lowest BCUT2D eigenvalue weighted by molar-refractivity contribution is -0.148. The number of carbonyl (C=O) groups excluding carboxylic acids is 4. The molecule has 1 aliphatic heterocycles. The van der Waals surface area contributed by atoms with Gasteiger partial charge in [-0.15, -0.1) is 0 Å². The predicted molar refractivity (Wildman–Crippen MR) is 128 cm³/mol. The number of rotatable bonds is 17. The van der Waals surface area contributed by atoms with E-state index in [1.807, 2.05) is 0 Å². The fraction of sp³-hybridized carbons (Fsp3) is 0.750. The number of imide groups is 1. The Morgan fingerprint density at radius 3 is 2.06 bits per heavy atom. The summed E-state index contributed by atoms with van der Waals surface area (Å²) in [7, 11) is 0. The molecule has 1 unspecified atom stereocenters. The quantitative estimate of drug-likeness (QED) is 0.167. The van der Waals surface area contributed by atoms with E-state index in [-0.39, 0.29) is 32.0 Å². The normalized spacial score (nSPS) is 19.0. The second-order valence-corrected chi connectivity index (χ2v) is 8.29. The molecule has 1 atom stereocenters. The van der Waals surface area contributed by atoms with Crippen LogP contribution in [-0.4, -0.2) is 94.3 Å². The number of ether oxygens (including phenoxy) is 5. The molecule has 2 N–H and O–H groups in total. The van der Waals surface area contributed by atoms with Crippen LogP contribution >= 0.6 is 0 Å². The smallest absolute Gasteiger partial charge is 0.407 e. The molecule has 1 heterocycles. The number of hydrogen-bond acceptors (Lipinski definition) is 9. The summed E-state index contributed by atoms with van der Waals surface area (Å²) in [6.45, 7) is 3.20. The highest BCUT2D eigenvalue weighted by molar-refractivity contribution is 6.03. The van der Waals surface area contributed by atoms with Gasteiger partial charge in [0.2, 0.25) is 17.7 Å². The van der Waals surface area contributed by atoms with E-state index in [1.54, 1.807) is 0 Å². The van der Waals surface area contributed by atoms with Gasteiger partial charge in [-0.2, -0.15) is 5.01 Å². The number of hydrazine groups is 1. The Balaban J connectivity index is 1.29. The van der Waals surface area contributed by atoms with Gasteiger partial charge in [0.1, 0.15) is 6.10 Å². The summed E-state index contributed by atoms with van der Waals surface area (Å²) in [6, 6.07) is 0. The summed E-state index contributed by atoms with van der Waals surface area (Å²) in [5.74, 6) is -1.25. The van der Waals surface area contributed by atoms with Gasteiger partial charge in [-0.25, -0.2) is 4.79 Å². The minimum absolute atomic E-state index is 0.0229. The van der Waals surface area contributed by atoms with E-state index in [0.29, 0.717) is 52.8 Å². The summed E-state index contributed by atoms with van der Waals surface area (Å²) in [5, 5.41) is 3.47. The molecular weight excluding hydrogens is 474 g/mol. The van der Waals surface area contributed by atoms with Gasteiger partial charge in [0, 0.05) is 19.4 Å². The molecule has 0 radical (unpaired) electrons. The van der Waals surface area contributed by atoms with Crippen molar-refractivity contribution in [2.75, 3.05) is 59.4 Å². The SMILES string of the molecule is O=C(CCOCCOCCOCCOCCNC(=O)OC1CC/C=C\CCC1)NN1C(=O)CCC1=O. The van der Waals surface area contributed by atoms with E-state index in [0.717, 1.165) is 37.1 Å². The Hall–Kier alpha value is -2.54. The predicted octanol–water partition coefficient (Wildman–Crippen LogP) is 1.24. The highest BCUT2D eigenvalue weighted by Gasteiger charge is 2.30. The molecule has 0 bridgehead atoms. The van der Waals surface area contributed by atoms with Crippen LogP contribution in [0, 0.1) is 0 Å². The van der Waals surface area contributed by atoms with Gasteiger partial charge in [-0.1, -0.05) is 12.2 Å². The van der Waals surface area contributed by atoms with Crippen molar-refractivity contribution >= 4 is 23.8 Å². The summed E-state index contributed by atoms with van der Waals surface area (Å²) in [5.41, 5.74) is 2.28. The molecule has 2 rings (SSSR count). The van der Waals surface area contributed by atoms with Gasteiger partial charge in [0.25, 0.3) is 0 Å². The molecule has 0 aromatic heterocycles. The molecule has 12 nitrogen and oxygen atoms in total. The summed E-state index contributed by atoms with van der Waals surface area (Å²) >= 11 is 0. The Labute approximate surface area is 211 Å². The van der Waals surface area contributed by atoms with Crippen LogP contribution in [0.2, 0.25) is 0 Å². The zero-order valence-corrected chi connectivity index (χ0v) is 20.9. The van der Waals surface area contributed by atoms with Gasteiger partial charge in [0.15, 0.2) is 0 Å². The van der Waals surface area contributed by atoms with Crippen molar-refractivity contribution < 1.29 is 42.9 Å². The third-order valence-corrected chi connectivity index (χ3v) is 5.39. The molecule has 1 saturated heterocycles. The lowest BCUT2D eigenvalue weighted by atomic mass is 10.0. The van der Waals surface area contributed by atoms with E-state index in [9.17, 15) is 19.2 Å². The van der Waals surface area contributed by atoms with E-state index in [1.165, 1.54) is 0 Å². The molecular formula is C24H39N3O9. The van der Waals surface area contributed by atoms with Gasteiger partial charge in [0.05, 0.1) is 59.3 Å². The van der Waals surface area contributed by atoms with Crippen molar-refractivity contribution in [1.29, 1.82) is 0 Å². The van der Waals surface area contributed by atoms with Crippen molar-refractivity contribution in [2.24, 2.45) is 0 Å². The van der Waals surface area contributed by atoms with E-state index < -0.39 is 23.8 Å². The van der Waals surface area contributed by atoms with Gasteiger partial charge in [-0.05, 0) is 32.1 Å². The number of amides is 4. The maximum Gasteiger partial charge on any atom is 0.407 e. The molecule has 204 valence electrons. The van der Waals surface area contributed by atoms with Crippen LogP contribution in [0.25, 0.3) is 0 Å². The van der Waals surface area contributed by atoms with Crippen molar-refractivity contribution in [1.82, 2.24) is 15.8 Å². The fourth-order valence-electron chi connectivity index (χ4n) is 3.47. The van der Waals surface area contributed by atoms with Crippen molar-refractivity contribution in [3.8, 4) is 0 Å².